The minimum Gasteiger partial charge on any atom is -0.391 e. The van der Waals surface area contributed by atoms with Crippen LogP contribution in [0, 0.1) is 13.8 Å². The number of carbonyl (C=O) groups is 1. The van der Waals surface area contributed by atoms with Crippen molar-refractivity contribution in [2.24, 2.45) is 0 Å². The average Bonchev–Trinajstić information content (AvgIpc) is 2.63. The van der Waals surface area contributed by atoms with Crippen LogP contribution < -0.4 is 0 Å². The van der Waals surface area contributed by atoms with E-state index in [2.05, 4.69) is 5.16 Å². The molecule has 0 aliphatic carbocycles. The van der Waals surface area contributed by atoms with Gasteiger partial charge in [-0.25, -0.2) is 0 Å². The second-order valence-corrected chi connectivity index (χ2v) is 3.93. The van der Waals surface area contributed by atoms with E-state index in [0.29, 0.717) is 13.1 Å². The number of rotatable bonds is 2. The van der Waals surface area contributed by atoms with Crippen LogP contribution in [0.25, 0.3) is 0 Å². The summed E-state index contributed by atoms with van der Waals surface area (Å²) in [4.78, 5) is 13.1. The number of likely N-dealkylation sites (tertiary alicyclic amines) is 1. The first-order valence-corrected chi connectivity index (χ1v) is 4.95. The Morgan fingerprint density at radius 1 is 1.60 bits per heavy atom. The van der Waals surface area contributed by atoms with Crippen LogP contribution in [0.1, 0.15) is 23.4 Å². The van der Waals surface area contributed by atoms with Crippen molar-refractivity contribution < 1.29 is 14.4 Å². The van der Waals surface area contributed by atoms with Crippen LogP contribution in [0.4, 0.5) is 0 Å². The van der Waals surface area contributed by atoms with Gasteiger partial charge in [0.15, 0.2) is 0 Å². The third kappa shape index (κ3) is 1.87. The van der Waals surface area contributed by atoms with Crippen molar-refractivity contribution in [2.75, 3.05) is 6.54 Å². The van der Waals surface area contributed by atoms with Gasteiger partial charge in [0.25, 0.3) is 0 Å². The number of nitrogens with zero attached hydrogens (tertiary/aromatic N) is 2. The Balaban J connectivity index is 2.12. The molecule has 5 heteroatoms. The number of hydrogen-bond acceptors (Lipinski definition) is 4. The number of hydrogen-bond donors (Lipinski definition) is 1. The summed E-state index contributed by atoms with van der Waals surface area (Å²) in [6.07, 6.45) is -0.304. The largest absolute Gasteiger partial charge is 0.391 e. The van der Waals surface area contributed by atoms with Gasteiger partial charge in [0, 0.05) is 12.1 Å². The molecular formula is C10H14N2O3. The molecule has 1 fully saturated rings. The van der Waals surface area contributed by atoms with Gasteiger partial charge in [0.1, 0.15) is 5.76 Å². The maximum Gasteiger partial charge on any atom is 0.225 e. The molecule has 0 aromatic carbocycles. The van der Waals surface area contributed by atoms with E-state index in [-0.39, 0.29) is 12.3 Å². The summed E-state index contributed by atoms with van der Waals surface area (Å²) in [6.45, 7) is 4.56. The molecule has 0 spiro atoms. The van der Waals surface area contributed by atoms with Crippen molar-refractivity contribution >= 4 is 5.91 Å². The molecular weight excluding hydrogens is 196 g/mol. The van der Waals surface area contributed by atoms with Gasteiger partial charge in [-0.1, -0.05) is 5.16 Å². The molecule has 1 aromatic heterocycles. The Morgan fingerprint density at radius 3 is 2.80 bits per heavy atom. The van der Waals surface area contributed by atoms with Crippen LogP contribution in [0.3, 0.4) is 0 Å². The summed E-state index contributed by atoms with van der Waals surface area (Å²) in [5.41, 5.74) is 1.75. The smallest absolute Gasteiger partial charge is 0.225 e. The zero-order valence-corrected chi connectivity index (χ0v) is 8.86. The van der Waals surface area contributed by atoms with Gasteiger partial charge in [0.2, 0.25) is 5.91 Å². The summed E-state index contributed by atoms with van der Waals surface area (Å²) in [6, 6.07) is 0. The second-order valence-electron chi connectivity index (χ2n) is 3.93. The lowest BCUT2D eigenvalue weighted by atomic mass is 10.2. The minimum absolute atomic E-state index is 0.0116. The fourth-order valence-electron chi connectivity index (χ4n) is 1.82. The summed E-state index contributed by atoms with van der Waals surface area (Å²) < 4.78 is 5.02. The van der Waals surface area contributed by atoms with Crippen molar-refractivity contribution in [2.45, 2.75) is 32.9 Å². The first-order chi connectivity index (χ1) is 7.08. The monoisotopic (exact) mass is 210 g/mol. The Hall–Kier alpha value is -1.36. The van der Waals surface area contributed by atoms with E-state index in [1.807, 2.05) is 13.8 Å². The van der Waals surface area contributed by atoms with Crippen molar-refractivity contribution in [3.8, 4) is 0 Å². The fraction of sp³-hybridized carbons (Fsp3) is 0.600. The van der Waals surface area contributed by atoms with E-state index < -0.39 is 6.10 Å². The molecule has 1 saturated heterocycles. The van der Waals surface area contributed by atoms with Crippen molar-refractivity contribution in [3.05, 3.63) is 17.0 Å². The molecule has 2 heterocycles. The van der Waals surface area contributed by atoms with Crippen molar-refractivity contribution in [1.29, 1.82) is 0 Å². The third-order valence-electron chi connectivity index (χ3n) is 2.72. The van der Waals surface area contributed by atoms with E-state index >= 15 is 0 Å². The fourth-order valence-corrected chi connectivity index (χ4v) is 1.82. The molecule has 0 bridgehead atoms. The summed E-state index contributed by atoms with van der Waals surface area (Å²) in [5.74, 6) is 0.726. The standard InChI is InChI=1S/C10H14N2O3/c1-6-9(7(2)15-11-6)5-12-4-8(13)3-10(12)14/h8,13H,3-5H2,1-2H3. The maximum atomic E-state index is 11.4. The number of carbonyl (C=O) groups excluding carboxylic acids is 1. The van der Waals surface area contributed by atoms with Crippen LogP contribution in [0.2, 0.25) is 0 Å². The highest BCUT2D eigenvalue weighted by Gasteiger charge is 2.29. The number of aliphatic hydroxyl groups is 1. The lowest BCUT2D eigenvalue weighted by Crippen LogP contribution is -2.25. The topological polar surface area (TPSA) is 66.6 Å². The number of aromatic nitrogens is 1. The SMILES string of the molecule is Cc1noc(C)c1CN1CC(O)CC1=O. The Kier molecular flexibility index (Phi) is 2.48. The first-order valence-electron chi connectivity index (χ1n) is 4.95. The van der Waals surface area contributed by atoms with Gasteiger partial charge in [-0.2, -0.15) is 0 Å². The second kappa shape index (κ2) is 3.66. The highest BCUT2D eigenvalue weighted by molar-refractivity contribution is 5.79. The summed E-state index contributed by atoms with van der Waals surface area (Å²) >= 11 is 0. The molecule has 15 heavy (non-hydrogen) atoms. The van der Waals surface area contributed by atoms with Gasteiger partial charge in [0.05, 0.1) is 24.8 Å². The van der Waals surface area contributed by atoms with Crippen LogP contribution in [0.15, 0.2) is 4.52 Å². The number of aryl methyl sites for hydroxylation is 2. The number of β-amino-alcohol motifs (C(OH)–C–C–N with tert-alkyl or cyclic N) is 1. The van der Waals surface area contributed by atoms with E-state index in [9.17, 15) is 9.90 Å². The highest BCUT2D eigenvalue weighted by atomic mass is 16.5. The molecule has 1 aromatic rings. The molecule has 1 unspecified atom stereocenters. The molecule has 1 aliphatic heterocycles. The first kappa shape index (κ1) is 10.2. The van der Waals surface area contributed by atoms with Crippen LogP contribution in [-0.4, -0.2) is 33.7 Å². The quantitative estimate of drug-likeness (QED) is 0.766. The minimum atomic E-state index is -0.530. The average molecular weight is 210 g/mol. The van der Waals surface area contributed by atoms with E-state index in [1.54, 1.807) is 4.90 Å². The van der Waals surface area contributed by atoms with Gasteiger partial charge >= 0.3 is 0 Å². The number of amides is 1. The van der Waals surface area contributed by atoms with Crippen LogP contribution in [-0.2, 0) is 11.3 Å². The molecule has 1 N–H and O–H groups in total. The lowest BCUT2D eigenvalue weighted by molar-refractivity contribution is -0.128. The Bertz CT molecular complexity index is 367. The predicted octanol–water partition coefficient (Wildman–Crippen LogP) is 0.385. The van der Waals surface area contributed by atoms with Crippen molar-refractivity contribution in [3.63, 3.8) is 0 Å². The van der Waals surface area contributed by atoms with E-state index in [4.69, 9.17) is 4.52 Å². The van der Waals surface area contributed by atoms with Crippen molar-refractivity contribution in [1.82, 2.24) is 10.1 Å². The van der Waals surface area contributed by atoms with E-state index in [1.165, 1.54) is 0 Å². The van der Waals surface area contributed by atoms with Gasteiger partial charge in [-0.05, 0) is 13.8 Å². The molecule has 82 valence electrons. The predicted molar refractivity (Wildman–Crippen MR) is 52.0 cm³/mol. The number of aliphatic hydroxyl groups excluding tert-OH is 1. The molecule has 1 aliphatic rings. The zero-order valence-electron chi connectivity index (χ0n) is 8.86. The zero-order chi connectivity index (χ0) is 11.0. The molecule has 1 atom stereocenters. The normalized spacial score (nSPS) is 21.4. The van der Waals surface area contributed by atoms with Crippen LogP contribution >= 0.6 is 0 Å². The summed E-state index contributed by atoms with van der Waals surface area (Å²) in [5, 5.41) is 13.2. The third-order valence-corrected chi connectivity index (χ3v) is 2.72. The molecule has 0 saturated carbocycles. The summed E-state index contributed by atoms with van der Waals surface area (Å²) in [7, 11) is 0. The molecule has 5 nitrogen and oxygen atoms in total. The molecule has 1 amide bonds. The molecule has 0 radical (unpaired) electrons. The van der Waals surface area contributed by atoms with Gasteiger partial charge < -0.3 is 14.5 Å². The highest BCUT2D eigenvalue weighted by Crippen LogP contribution is 2.19. The lowest BCUT2D eigenvalue weighted by Gasteiger charge is -2.14. The van der Waals surface area contributed by atoms with E-state index in [0.717, 1.165) is 17.0 Å². The Morgan fingerprint density at radius 2 is 2.33 bits per heavy atom. The van der Waals surface area contributed by atoms with Gasteiger partial charge in [-0.3, -0.25) is 4.79 Å². The van der Waals surface area contributed by atoms with Gasteiger partial charge in [-0.15, -0.1) is 0 Å². The maximum absolute atomic E-state index is 11.4. The van der Waals surface area contributed by atoms with Crippen LogP contribution in [0.5, 0.6) is 0 Å². The molecule has 2 rings (SSSR count). The Labute approximate surface area is 87.7 Å².